The number of hydrogen-bond acceptors (Lipinski definition) is 3. The van der Waals surface area contributed by atoms with Crippen molar-refractivity contribution in [2.45, 2.75) is 27.2 Å². The summed E-state index contributed by atoms with van der Waals surface area (Å²) in [5.41, 5.74) is 1.58. The highest BCUT2D eigenvalue weighted by atomic mass is 79.9. The molecular weight excluding hydrogens is 298 g/mol. The minimum absolute atomic E-state index is 0.146. The highest BCUT2D eigenvalue weighted by Gasteiger charge is 2.14. The van der Waals surface area contributed by atoms with Crippen LogP contribution in [0.4, 0.5) is 5.69 Å². The summed E-state index contributed by atoms with van der Waals surface area (Å²) in [5.74, 6) is 1.19. The molecule has 100 valence electrons. The molecule has 0 radical (unpaired) electrons. The summed E-state index contributed by atoms with van der Waals surface area (Å²) in [4.78, 5) is 10.4. The van der Waals surface area contributed by atoms with E-state index in [1.54, 1.807) is 19.1 Å². The first-order valence-electron chi connectivity index (χ1n) is 5.94. The van der Waals surface area contributed by atoms with Gasteiger partial charge in [0.25, 0.3) is 5.69 Å². The first-order valence-corrected chi connectivity index (χ1v) is 7.06. The minimum Gasteiger partial charge on any atom is -0.493 e. The quantitative estimate of drug-likeness (QED) is 0.452. The molecule has 0 spiro atoms. The lowest BCUT2D eigenvalue weighted by molar-refractivity contribution is -0.385. The van der Waals surface area contributed by atoms with Gasteiger partial charge in [0.15, 0.2) is 0 Å². The number of halogens is 1. The predicted molar refractivity (Wildman–Crippen MR) is 75.6 cm³/mol. The van der Waals surface area contributed by atoms with Crippen LogP contribution in [0, 0.1) is 29.9 Å². The van der Waals surface area contributed by atoms with Gasteiger partial charge in [0.2, 0.25) is 0 Å². The van der Waals surface area contributed by atoms with E-state index in [-0.39, 0.29) is 10.6 Å². The summed E-state index contributed by atoms with van der Waals surface area (Å²) in [7, 11) is 0. The smallest absolute Gasteiger partial charge is 0.272 e. The Morgan fingerprint density at radius 3 is 2.56 bits per heavy atom. The molecule has 0 aromatic heterocycles. The van der Waals surface area contributed by atoms with Crippen LogP contribution < -0.4 is 4.74 Å². The summed E-state index contributed by atoms with van der Waals surface area (Å²) in [6.07, 6.45) is 1.04. The molecule has 0 amide bonds. The average Bonchev–Trinajstić information content (AvgIpc) is 2.33. The fourth-order valence-electron chi connectivity index (χ4n) is 1.61. The molecule has 4 nitrogen and oxygen atoms in total. The van der Waals surface area contributed by atoms with E-state index in [1.165, 1.54) is 0 Å². The maximum absolute atomic E-state index is 10.8. The zero-order valence-electron chi connectivity index (χ0n) is 10.9. The monoisotopic (exact) mass is 315 g/mol. The van der Waals surface area contributed by atoms with E-state index in [0.29, 0.717) is 18.1 Å². The van der Waals surface area contributed by atoms with E-state index in [4.69, 9.17) is 4.74 Å². The van der Waals surface area contributed by atoms with Gasteiger partial charge >= 0.3 is 0 Å². The van der Waals surface area contributed by atoms with Crippen LogP contribution >= 0.6 is 15.9 Å². The SMILES string of the molecule is CCC(CBr)COc1cc(C)c([N+](=O)[O-])cc1C. The van der Waals surface area contributed by atoms with Crippen LogP contribution in [-0.2, 0) is 0 Å². The van der Waals surface area contributed by atoms with Crippen LogP contribution in [0.1, 0.15) is 24.5 Å². The molecule has 0 aliphatic rings. The van der Waals surface area contributed by atoms with Gasteiger partial charge in [0, 0.05) is 22.9 Å². The summed E-state index contributed by atoms with van der Waals surface area (Å²) in [6, 6.07) is 3.31. The normalized spacial score (nSPS) is 12.2. The van der Waals surface area contributed by atoms with Crippen molar-refractivity contribution in [2.75, 3.05) is 11.9 Å². The van der Waals surface area contributed by atoms with Gasteiger partial charge in [-0.3, -0.25) is 10.1 Å². The minimum atomic E-state index is -0.362. The molecule has 5 heteroatoms. The maximum Gasteiger partial charge on any atom is 0.272 e. The van der Waals surface area contributed by atoms with Crippen molar-refractivity contribution in [3.05, 3.63) is 33.4 Å². The van der Waals surface area contributed by atoms with Crippen LogP contribution in [0.25, 0.3) is 0 Å². The first-order chi connectivity index (χ1) is 8.49. The van der Waals surface area contributed by atoms with Gasteiger partial charge in [-0.1, -0.05) is 22.9 Å². The van der Waals surface area contributed by atoms with E-state index in [9.17, 15) is 10.1 Å². The molecule has 0 saturated carbocycles. The van der Waals surface area contributed by atoms with Gasteiger partial charge in [-0.15, -0.1) is 0 Å². The Morgan fingerprint density at radius 2 is 2.06 bits per heavy atom. The van der Waals surface area contributed by atoms with Crippen LogP contribution in [0.3, 0.4) is 0 Å². The van der Waals surface area contributed by atoms with E-state index in [2.05, 4.69) is 22.9 Å². The second kappa shape index (κ2) is 6.73. The molecular formula is C13H18BrNO3. The largest absolute Gasteiger partial charge is 0.493 e. The Labute approximate surface area is 116 Å². The van der Waals surface area contributed by atoms with Gasteiger partial charge in [0.1, 0.15) is 5.75 Å². The van der Waals surface area contributed by atoms with Crippen molar-refractivity contribution in [1.29, 1.82) is 0 Å². The number of aryl methyl sites for hydroxylation is 2. The number of alkyl halides is 1. The molecule has 0 N–H and O–H groups in total. The van der Waals surface area contributed by atoms with Crippen molar-refractivity contribution in [2.24, 2.45) is 5.92 Å². The van der Waals surface area contributed by atoms with Gasteiger partial charge in [-0.25, -0.2) is 0 Å². The van der Waals surface area contributed by atoms with Crippen molar-refractivity contribution in [3.63, 3.8) is 0 Å². The Kier molecular flexibility index (Phi) is 5.59. The van der Waals surface area contributed by atoms with E-state index in [0.717, 1.165) is 23.1 Å². The van der Waals surface area contributed by atoms with Gasteiger partial charge < -0.3 is 4.74 Å². The number of hydrogen-bond donors (Lipinski definition) is 0. The Bertz CT molecular complexity index is 430. The molecule has 18 heavy (non-hydrogen) atoms. The average molecular weight is 316 g/mol. The lowest BCUT2D eigenvalue weighted by Gasteiger charge is -2.15. The molecule has 0 aliphatic heterocycles. The predicted octanol–water partition coefficient (Wildman–Crippen LogP) is 4.01. The van der Waals surface area contributed by atoms with Crippen LogP contribution in [-0.4, -0.2) is 16.9 Å². The van der Waals surface area contributed by atoms with Crippen molar-refractivity contribution in [1.82, 2.24) is 0 Å². The number of benzene rings is 1. The van der Waals surface area contributed by atoms with E-state index in [1.807, 2.05) is 6.92 Å². The molecule has 0 heterocycles. The molecule has 1 atom stereocenters. The molecule has 1 rings (SSSR count). The number of nitro groups is 1. The molecule has 1 unspecified atom stereocenters. The third-order valence-electron chi connectivity index (χ3n) is 2.96. The van der Waals surface area contributed by atoms with Crippen LogP contribution in [0.5, 0.6) is 5.75 Å². The van der Waals surface area contributed by atoms with E-state index >= 15 is 0 Å². The molecule has 1 aromatic carbocycles. The first kappa shape index (κ1) is 15.0. The van der Waals surface area contributed by atoms with Gasteiger partial charge in [-0.05, 0) is 31.9 Å². The highest BCUT2D eigenvalue weighted by Crippen LogP contribution is 2.28. The zero-order valence-corrected chi connectivity index (χ0v) is 12.5. The number of nitrogens with zero attached hydrogens (tertiary/aromatic N) is 1. The molecule has 0 bridgehead atoms. The van der Waals surface area contributed by atoms with Gasteiger partial charge in [0.05, 0.1) is 11.5 Å². The molecule has 0 fully saturated rings. The lowest BCUT2D eigenvalue weighted by atomic mass is 10.1. The molecule has 0 aliphatic carbocycles. The summed E-state index contributed by atoms with van der Waals surface area (Å²) in [6.45, 7) is 6.30. The van der Waals surface area contributed by atoms with Crippen LogP contribution in [0.2, 0.25) is 0 Å². The third-order valence-corrected chi connectivity index (χ3v) is 3.88. The summed E-state index contributed by atoms with van der Waals surface area (Å²) in [5, 5.41) is 11.7. The topological polar surface area (TPSA) is 52.4 Å². The number of nitro benzene ring substituents is 1. The second-order valence-corrected chi connectivity index (χ2v) is 5.05. The van der Waals surface area contributed by atoms with Crippen molar-refractivity contribution < 1.29 is 9.66 Å². The Hall–Kier alpha value is -1.10. The van der Waals surface area contributed by atoms with Gasteiger partial charge in [-0.2, -0.15) is 0 Å². The fourth-order valence-corrected chi connectivity index (χ4v) is 2.25. The lowest BCUT2D eigenvalue weighted by Crippen LogP contribution is -2.13. The standard InChI is InChI=1S/C13H18BrNO3/c1-4-11(7-14)8-18-13-6-9(2)12(15(16)17)5-10(13)3/h5-6,11H,4,7-8H2,1-3H3. The summed E-state index contributed by atoms with van der Waals surface area (Å²) >= 11 is 3.44. The zero-order chi connectivity index (χ0) is 13.7. The Balaban J connectivity index is 2.85. The number of rotatable bonds is 6. The van der Waals surface area contributed by atoms with Crippen LogP contribution in [0.15, 0.2) is 12.1 Å². The van der Waals surface area contributed by atoms with E-state index < -0.39 is 0 Å². The second-order valence-electron chi connectivity index (χ2n) is 4.40. The maximum atomic E-state index is 10.8. The highest BCUT2D eigenvalue weighted by molar-refractivity contribution is 9.09. The fraction of sp³-hybridized carbons (Fsp3) is 0.538. The molecule has 0 saturated heterocycles. The Morgan fingerprint density at radius 1 is 1.39 bits per heavy atom. The van der Waals surface area contributed by atoms with Crippen molar-refractivity contribution >= 4 is 21.6 Å². The third kappa shape index (κ3) is 3.70. The molecule has 1 aromatic rings. The summed E-state index contributed by atoms with van der Waals surface area (Å²) < 4.78 is 5.74. The van der Waals surface area contributed by atoms with Crippen molar-refractivity contribution in [3.8, 4) is 5.75 Å². The number of ether oxygens (including phenoxy) is 1.